The number of ether oxygens (including phenoxy) is 1. The lowest BCUT2D eigenvalue weighted by atomic mass is 10.1. The SMILES string of the molecule is COc1ccc(CN(C(=O)CN(Cc2ccccc2)S(C)(=O)=O)C(C)C(=O)NCCc2ccccc2)cc1. The Labute approximate surface area is 225 Å². The molecule has 3 rings (SSSR count). The molecule has 0 saturated heterocycles. The van der Waals surface area contributed by atoms with E-state index < -0.39 is 22.0 Å². The van der Waals surface area contributed by atoms with Crippen molar-refractivity contribution in [1.82, 2.24) is 14.5 Å². The molecule has 1 atom stereocenters. The van der Waals surface area contributed by atoms with Crippen LogP contribution in [0.1, 0.15) is 23.6 Å². The molecule has 0 spiro atoms. The summed E-state index contributed by atoms with van der Waals surface area (Å²) in [7, 11) is -2.13. The highest BCUT2D eigenvalue weighted by Gasteiger charge is 2.29. The highest BCUT2D eigenvalue weighted by molar-refractivity contribution is 7.88. The molecule has 38 heavy (non-hydrogen) atoms. The first-order valence-corrected chi connectivity index (χ1v) is 14.3. The van der Waals surface area contributed by atoms with Crippen molar-refractivity contribution in [2.75, 3.05) is 26.5 Å². The first-order valence-electron chi connectivity index (χ1n) is 12.4. The van der Waals surface area contributed by atoms with Crippen molar-refractivity contribution < 1.29 is 22.7 Å². The van der Waals surface area contributed by atoms with Crippen LogP contribution in [0.2, 0.25) is 0 Å². The second-order valence-corrected chi connectivity index (χ2v) is 11.1. The fourth-order valence-corrected chi connectivity index (χ4v) is 4.68. The average Bonchev–Trinajstić information content (AvgIpc) is 2.92. The summed E-state index contributed by atoms with van der Waals surface area (Å²) in [5.41, 5.74) is 2.65. The minimum absolute atomic E-state index is 0.0550. The molecule has 9 heteroatoms. The van der Waals surface area contributed by atoms with Crippen molar-refractivity contribution >= 4 is 21.8 Å². The van der Waals surface area contributed by atoms with Crippen LogP contribution in [0.5, 0.6) is 5.75 Å². The van der Waals surface area contributed by atoms with Gasteiger partial charge in [-0.05, 0) is 42.2 Å². The van der Waals surface area contributed by atoms with E-state index >= 15 is 0 Å². The van der Waals surface area contributed by atoms with Crippen LogP contribution in [-0.4, -0.2) is 61.9 Å². The Kier molecular flexibility index (Phi) is 10.4. The third-order valence-corrected chi connectivity index (χ3v) is 7.41. The molecular weight excluding hydrogens is 502 g/mol. The summed E-state index contributed by atoms with van der Waals surface area (Å²) in [6, 6.07) is 25.2. The number of benzene rings is 3. The van der Waals surface area contributed by atoms with Crippen LogP contribution in [0.3, 0.4) is 0 Å². The highest BCUT2D eigenvalue weighted by Crippen LogP contribution is 2.16. The van der Waals surface area contributed by atoms with Crippen molar-refractivity contribution in [2.45, 2.75) is 32.5 Å². The van der Waals surface area contributed by atoms with Crippen LogP contribution in [0.4, 0.5) is 0 Å². The van der Waals surface area contributed by atoms with Gasteiger partial charge in [0, 0.05) is 19.6 Å². The molecule has 8 nitrogen and oxygen atoms in total. The van der Waals surface area contributed by atoms with Gasteiger partial charge in [-0.1, -0.05) is 72.8 Å². The highest BCUT2D eigenvalue weighted by atomic mass is 32.2. The van der Waals surface area contributed by atoms with Gasteiger partial charge in [0.05, 0.1) is 19.9 Å². The molecule has 0 radical (unpaired) electrons. The van der Waals surface area contributed by atoms with E-state index in [1.807, 2.05) is 60.7 Å². The molecule has 1 N–H and O–H groups in total. The number of rotatable bonds is 13. The maximum absolute atomic E-state index is 13.6. The van der Waals surface area contributed by atoms with Gasteiger partial charge >= 0.3 is 0 Å². The molecule has 0 heterocycles. The first-order chi connectivity index (χ1) is 18.2. The zero-order valence-corrected chi connectivity index (χ0v) is 22.9. The topological polar surface area (TPSA) is 96.0 Å². The summed E-state index contributed by atoms with van der Waals surface area (Å²) in [5, 5.41) is 2.91. The van der Waals surface area contributed by atoms with Crippen molar-refractivity contribution in [3.8, 4) is 5.75 Å². The molecule has 0 saturated carbocycles. The number of methoxy groups -OCH3 is 1. The van der Waals surface area contributed by atoms with Crippen LogP contribution in [0.15, 0.2) is 84.9 Å². The summed E-state index contributed by atoms with van der Waals surface area (Å²) < 4.78 is 31.5. The number of amides is 2. The number of sulfonamides is 1. The predicted octanol–water partition coefficient (Wildman–Crippen LogP) is 3.23. The molecule has 0 aliphatic rings. The first kappa shape index (κ1) is 28.9. The second kappa shape index (κ2) is 13.7. The quantitative estimate of drug-likeness (QED) is 0.361. The average molecular weight is 538 g/mol. The number of nitrogens with zero attached hydrogens (tertiary/aromatic N) is 2. The summed E-state index contributed by atoms with van der Waals surface area (Å²) in [6.45, 7) is 1.88. The molecule has 202 valence electrons. The third kappa shape index (κ3) is 8.71. The summed E-state index contributed by atoms with van der Waals surface area (Å²) >= 11 is 0. The van der Waals surface area contributed by atoms with E-state index in [0.29, 0.717) is 18.7 Å². The van der Waals surface area contributed by atoms with Crippen LogP contribution >= 0.6 is 0 Å². The van der Waals surface area contributed by atoms with Crippen molar-refractivity contribution in [3.05, 3.63) is 102 Å². The standard InChI is InChI=1S/C29H35N3O5S/c1-23(29(34)30-19-18-24-10-6-4-7-11-24)32(21-26-14-16-27(37-2)17-15-26)28(33)22-31(38(3,35)36)20-25-12-8-5-9-13-25/h4-17,23H,18-22H2,1-3H3,(H,30,34). The molecule has 0 fully saturated rings. The maximum Gasteiger partial charge on any atom is 0.242 e. The number of hydrogen-bond acceptors (Lipinski definition) is 5. The van der Waals surface area contributed by atoms with E-state index in [4.69, 9.17) is 4.74 Å². The van der Waals surface area contributed by atoms with E-state index in [1.54, 1.807) is 38.3 Å². The molecule has 3 aromatic carbocycles. The molecule has 3 aromatic rings. The Hall–Kier alpha value is -3.69. The Morgan fingerprint density at radius 2 is 1.39 bits per heavy atom. The Balaban J connectivity index is 1.77. The van der Waals surface area contributed by atoms with Gasteiger partial charge in [-0.3, -0.25) is 9.59 Å². The summed E-state index contributed by atoms with van der Waals surface area (Å²) in [5.74, 6) is -0.103. The lowest BCUT2D eigenvalue weighted by Gasteiger charge is -2.31. The van der Waals surface area contributed by atoms with E-state index in [9.17, 15) is 18.0 Å². The van der Waals surface area contributed by atoms with E-state index in [2.05, 4.69) is 5.32 Å². The van der Waals surface area contributed by atoms with Gasteiger partial charge in [-0.2, -0.15) is 4.31 Å². The van der Waals surface area contributed by atoms with Gasteiger partial charge in [-0.25, -0.2) is 8.42 Å². The number of carbonyl (C=O) groups excluding carboxylic acids is 2. The fraction of sp³-hybridized carbons (Fsp3) is 0.310. The number of nitrogens with one attached hydrogen (secondary N) is 1. The van der Waals surface area contributed by atoms with Crippen LogP contribution in [-0.2, 0) is 39.1 Å². The smallest absolute Gasteiger partial charge is 0.242 e. The molecular formula is C29H35N3O5S. The van der Waals surface area contributed by atoms with Crippen LogP contribution < -0.4 is 10.1 Å². The molecule has 0 bridgehead atoms. The minimum atomic E-state index is -3.70. The third-order valence-electron chi connectivity index (χ3n) is 6.22. The second-order valence-electron chi connectivity index (χ2n) is 9.09. The van der Waals surface area contributed by atoms with Gasteiger partial charge in [-0.15, -0.1) is 0 Å². The van der Waals surface area contributed by atoms with Crippen LogP contribution in [0.25, 0.3) is 0 Å². The Bertz CT molecular complexity index is 1280. The normalized spacial score (nSPS) is 12.1. The lowest BCUT2D eigenvalue weighted by Crippen LogP contribution is -2.51. The largest absolute Gasteiger partial charge is 0.497 e. The Morgan fingerprint density at radius 1 is 0.842 bits per heavy atom. The minimum Gasteiger partial charge on any atom is -0.497 e. The lowest BCUT2D eigenvalue weighted by molar-refractivity contribution is -0.140. The van der Waals surface area contributed by atoms with Crippen molar-refractivity contribution in [3.63, 3.8) is 0 Å². The molecule has 0 aliphatic heterocycles. The van der Waals surface area contributed by atoms with Gasteiger partial charge in [0.2, 0.25) is 21.8 Å². The van der Waals surface area contributed by atoms with E-state index in [1.165, 1.54) is 4.90 Å². The van der Waals surface area contributed by atoms with Gasteiger partial charge in [0.1, 0.15) is 11.8 Å². The van der Waals surface area contributed by atoms with Gasteiger partial charge < -0.3 is 15.0 Å². The van der Waals surface area contributed by atoms with E-state index in [-0.39, 0.29) is 25.5 Å². The molecule has 0 aromatic heterocycles. The predicted molar refractivity (Wildman–Crippen MR) is 148 cm³/mol. The van der Waals surface area contributed by atoms with Gasteiger partial charge in [0.15, 0.2) is 0 Å². The van der Waals surface area contributed by atoms with Crippen molar-refractivity contribution in [1.29, 1.82) is 0 Å². The monoisotopic (exact) mass is 537 g/mol. The maximum atomic E-state index is 13.6. The van der Waals surface area contributed by atoms with Crippen molar-refractivity contribution in [2.24, 2.45) is 0 Å². The van der Waals surface area contributed by atoms with E-state index in [0.717, 1.165) is 27.3 Å². The summed E-state index contributed by atoms with van der Waals surface area (Å²) in [6.07, 6.45) is 1.74. The van der Waals surface area contributed by atoms with Gasteiger partial charge in [0.25, 0.3) is 0 Å². The van der Waals surface area contributed by atoms with Crippen LogP contribution in [0, 0.1) is 0 Å². The summed E-state index contributed by atoms with van der Waals surface area (Å²) in [4.78, 5) is 28.1. The number of carbonyl (C=O) groups is 2. The number of hydrogen-bond donors (Lipinski definition) is 1. The molecule has 2 amide bonds. The zero-order valence-electron chi connectivity index (χ0n) is 22.0. The Morgan fingerprint density at radius 3 is 1.95 bits per heavy atom. The fourth-order valence-electron chi connectivity index (χ4n) is 3.95. The molecule has 0 aliphatic carbocycles. The zero-order chi connectivity index (χ0) is 27.5. The molecule has 1 unspecified atom stereocenters.